The van der Waals surface area contributed by atoms with Gasteiger partial charge in [0, 0.05) is 123 Å². The van der Waals surface area contributed by atoms with Crippen LogP contribution < -0.4 is 29.4 Å². The molecule has 6 nitrogen and oxygen atoms in total. The van der Waals surface area contributed by atoms with Gasteiger partial charge in [0.25, 0.3) is 0 Å². The van der Waals surface area contributed by atoms with E-state index in [1.165, 1.54) is 258 Å². The first-order valence-corrected chi connectivity index (χ1v) is 49.7. The van der Waals surface area contributed by atoms with Gasteiger partial charge in [-0.3, -0.25) is 0 Å². The fourth-order valence-electron chi connectivity index (χ4n) is 22.7. The van der Waals surface area contributed by atoms with Crippen molar-refractivity contribution in [3.05, 3.63) is 535 Å². The number of nitrogens with zero attached hydrogens (tertiary/aromatic N) is 6. The smallest absolute Gasteiger partial charge is 0.0540 e. The molecule has 0 saturated heterocycles. The Morgan fingerprint density at radius 1 is 0.171 bits per heavy atom. The zero-order valence-electron chi connectivity index (χ0n) is 83.1. The van der Waals surface area contributed by atoms with E-state index in [1.807, 2.05) is 0 Å². The zero-order valence-corrected chi connectivity index (χ0v) is 83.1. The van der Waals surface area contributed by atoms with Crippen LogP contribution in [0.2, 0.25) is 0 Å². The Kier molecular flexibility index (Phi) is 22.8. The average molecular weight is 1810 g/mol. The number of anilines is 18. The number of aryl methyl sites for hydroxylation is 6. The minimum Gasteiger partial charge on any atom is -0.309 e. The lowest BCUT2D eigenvalue weighted by Crippen LogP contribution is -2.23. The molecule has 24 rings (SSSR count). The van der Waals surface area contributed by atoms with Crippen molar-refractivity contribution < 1.29 is 0 Å². The van der Waals surface area contributed by atoms with Gasteiger partial charge in [-0.05, 0) is 230 Å². The first kappa shape index (κ1) is 89.2. The molecule has 0 aliphatic carbocycles. The number of rotatable bonds is 8. The van der Waals surface area contributed by atoms with Crippen molar-refractivity contribution >= 4 is 136 Å². The van der Waals surface area contributed by atoms with Gasteiger partial charge in [-0.25, -0.2) is 0 Å². The van der Waals surface area contributed by atoms with Crippen LogP contribution in [0.3, 0.4) is 0 Å². The molecule has 0 fully saturated rings. The molecule has 0 amide bonds. The minimum absolute atomic E-state index is 0.0953. The standard InChI is InChI=1S/C46H42N2.2C44H38N2/c1-45(2,3)31-23-27-33(28-24-31)47-39-19-11-7-15-35(39)43(36-16-8-12-20-40(36)47)44-37-17-9-13-21-41(37)48(42-22-14-10-18-38(42)44)34-29-25-32(26-30-34)46(4,5)6;1-27-23-29(3)43(30(4)24-27)45-37-19-11-7-15-33(37)41(34-16-8-12-20-38(34)45)42-35-17-9-13-21-39(35)46(40-22-14-10-18-36(40)42)44-31(5)25-28(2)26-32(44)6;1-29(2)31-15-13-17-33(27-31)45-39-23-9-5-19-35(39)43(36-20-6-10-24-40(36)45)44-37-21-7-11-25-41(37)46(42-26-12-8-22-38(42)44)34-18-14-16-32(28-34)30(3)4/h7-30H,1-6H3;7-26H,1-6H3;5-30H,1-4H3. The van der Waals surface area contributed by atoms with E-state index in [4.69, 9.17) is 0 Å². The normalized spacial score (nSPS) is 13.5. The van der Waals surface area contributed by atoms with E-state index in [9.17, 15) is 0 Å². The maximum Gasteiger partial charge on any atom is 0.0540 e. The first-order valence-electron chi connectivity index (χ1n) is 49.7. The molecule has 0 bridgehead atoms. The quantitative estimate of drug-likeness (QED) is 0.150. The second-order valence-electron chi connectivity index (χ2n) is 41.1. The Balaban J connectivity index is 0.000000121. The number of para-hydroxylation sites is 12. The fraction of sp³-hybridized carbons (Fsp3) is 0.149. The van der Waals surface area contributed by atoms with E-state index >= 15 is 0 Å². The summed E-state index contributed by atoms with van der Waals surface area (Å²) in [5, 5.41) is 0. The highest BCUT2D eigenvalue weighted by Crippen LogP contribution is 2.63. The predicted molar refractivity (Wildman–Crippen MR) is 596 cm³/mol. The zero-order chi connectivity index (χ0) is 96.3. The molecular weight excluding hydrogens is 1690 g/mol. The fourth-order valence-corrected chi connectivity index (χ4v) is 22.7. The molecule has 6 heteroatoms. The first-order chi connectivity index (χ1) is 67.9. The summed E-state index contributed by atoms with van der Waals surface area (Å²) in [6.07, 6.45) is 0. The van der Waals surface area contributed by atoms with Gasteiger partial charge in [0.05, 0.1) is 79.6 Å². The summed E-state index contributed by atoms with van der Waals surface area (Å²) in [6, 6.07) is 153. The molecular formula is C134H118N6. The Bertz CT molecular complexity index is 7240. The highest BCUT2D eigenvalue weighted by Gasteiger charge is 2.41. The number of fused-ring (bicyclic) bond motifs is 12. The van der Waals surface area contributed by atoms with Gasteiger partial charge in [-0.2, -0.15) is 0 Å². The second kappa shape index (κ2) is 35.8. The third kappa shape index (κ3) is 15.4. The average Bonchev–Trinajstić information content (AvgIpc) is 0.719. The molecule has 0 aromatic heterocycles. The van der Waals surface area contributed by atoms with Crippen molar-refractivity contribution in [3.8, 4) is 0 Å². The van der Waals surface area contributed by atoms with Crippen molar-refractivity contribution in [2.75, 3.05) is 29.4 Å². The molecule has 0 radical (unpaired) electrons. The van der Waals surface area contributed by atoms with Gasteiger partial charge in [-0.1, -0.05) is 372 Å². The molecule has 0 saturated carbocycles. The summed E-state index contributed by atoms with van der Waals surface area (Å²) in [4.78, 5) is 14.8. The van der Waals surface area contributed by atoms with Crippen LogP contribution in [0.15, 0.2) is 413 Å². The summed E-state index contributed by atoms with van der Waals surface area (Å²) in [6.45, 7) is 36.0. The largest absolute Gasteiger partial charge is 0.309 e. The van der Waals surface area contributed by atoms with Crippen LogP contribution in [0, 0.1) is 41.5 Å². The summed E-state index contributed by atoms with van der Waals surface area (Å²) < 4.78 is 0. The molecule has 684 valence electrons. The van der Waals surface area contributed by atoms with Crippen molar-refractivity contribution in [1.82, 2.24) is 0 Å². The summed E-state index contributed by atoms with van der Waals surface area (Å²) in [5.74, 6) is 0.902. The molecule has 6 aliphatic rings. The van der Waals surface area contributed by atoms with Gasteiger partial charge < -0.3 is 29.4 Å². The SMILES string of the molecule is CC(C)(C)c1ccc(N2c3ccccc3C(=C3c4ccccc4N(c4ccc(C(C)(C)C)cc4)c4ccccc43)c3ccccc32)cc1.CC(C)c1cccc(N2c3ccccc3C(=C3c4ccccc4N(c4cccc(C(C)C)c4)c4ccccc43)c3ccccc32)c1.Cc1cc(C)c(N2c3ccccc3C(=C3c4ccccc4N(c4c(C)cc(C)cc4C)c4ccccc43)c3ccccc32)c(C)c1. The maximum atomic E-state index is 2.49. The van der Waals surface area contributed by atoms with E-state index in [0.717, 1.165) is 0 Å². The number of hydrogen-bond donors (Lipinski definition) is 0. The Morgan fingerprint density at radius 2 is 0.343 bits per heavy atom. The third-order valence-electron chi connectivity index (χ3n) is 29.0. The molecule has 0 unspecified atom stereocenters. The lowest BCUT2D eigenvalue weighted by molar-refractivity contribution is 0.590. The van der Waals surface area contributed by atoms with E-state index in [1.54, 1.807) is 0 Å². The van der Waals surface area contributed by atoms with Crippen LogP contribution in [0.1, 0.15) is 203 Å². The van der Waals surface area contributed by atoms with E-state index in [2.05, 4.69) is 553 Å². The van der Waals surface area contributed by atoms with Crippen LogP contribution in [0.25, 0.3) is 33.4 Å². The van der Waals surface area contributed by atoms with Gasteiger partial charge in [0.1, 0.15) is 0 Å². The van der Waals surface area contributed by atoms with Crippen LogP contribution in [-0.2, 0) is 10.8 Å². The van der Waals surface area contributed by atoms with E-state index < -0.39 is 0 Å². The van der Waals surface area contributed by atoms with Crippen LogP contribution in [0.5, 0.6) is 0 Å². The van der Waals surface area contributed by atoms with Crippen LogP contribution >= 0.6 is 0 Å². The van der Waals surface area contributed by atoms with E-state index in [0.29, 0.717) is 11.8 Å². The predicted octanol–water partition coefficient (Wildman–Crippen LogP) is 37.5. The molecule has 6 aliphatic heterocycles. The molecule has 6 heterocycles. The maximum absolute atomic E-state index is 2.49. The Morgan fingerprint density at radius 3 is 0.521 bits per heavy atom. The Labute approximate surface area is 827 Å². The van der Waals surface area contributed by atoms with E-state index in [-0.39, 0.29) is 10.8 Å². The highest BCUT2D eigenvalue weighted by molar-refractivity contribution is 6.21. The van der Waals surface area contributed by atoms with Crippen LogP contribution in [-0.4, -0.2) is 0 Å². The monoisotopic (exact) mass is 1810 g/mol. The molecule has 0 atom stereocenters. The summed E-state index contributed by atoms with van der Waals surface area (Å²) in [7, 11) is 0. The minimum atomic E-state index is 0.0953. The van der Waals surface area contributed by atoms with Crippen LogP contribution in [0.4, 0.5) is 102 Å². The van der Waals surface area contributed by atoms with Gasteiger partial charge in [0.15, 0.2) is 0 Å². The van der Waals surface area contributed by atoms with Crippen molar-refractivity contribution in [2.45, 2.75) is 133 Å². The van der Waals surface area contributed by atoms with Crippen molar-refractivity contribution in [1.29, 1.82) is 0 Å². The van der Waals surface area contributed by atoms with Crippen molar-refractivity contribution in [3.63, 3.8) is 0 Å². The molecule has 0 N–H and O–H groups in total. The van der Waals surface area contributed by atoms with Crippen molar-refractivity contribution in [2.24, 2.45) is 0 Å². The van der Waals surface area contributed by atoms with Gasteiger partial charge >= 0.3 is 0 Å². The number of hydrogen-bond acceptors (Lipinski definition) is 6. The van der Waals surface area contributed by atoms with Gasteiger partial charge in [0.2, 0.25) is 0 Å². The second-order valence-corrected chi connectivity index (χ2v) is 41.1. The molecule has 18 aromatic carbocycles. The van der Waals surface area contributed by atoms with Gasteiger partial charge in [-0.15, -0.1) is 0 Å². The topological polar surface area (TPSA) is 19.4 Å². The lowest BCUT2D eigenvalue weighted by Gasteiger charge is -2.40. The summed E-state index contributed by atoms with van der Waals surface area (Å²) in [5.41, 5.74) is 57.4. The number of benzene rings is 18. The third-order valence-corrected chi connectivity index (χ3v) is 29.0. The summed E-state index contributed by atoms with van der Waals surface area (Å²) >= 11 is 0. The highest BCUT2D eigenvalue weighted by atomic mass is 15.2. The molecule has 18 aromatic rings. The lowest BCUT2D eigenvalue weighted by atomic mass is 9.79. The Hall–Kier alpha value is -16.0. The molecule has 140 heavy (non-hydrogen) atoms. The molecule has 0 spiro atoms.